The summed E-state index contributed by atoms with van der Waals surface area (Å²) in [6, 6.07) is 0. The van der Waals surface area contributed by atoms with Gasteiger partial charge < -0.3 is 16.2 Å². The van der Waals surface area contributed by atoms with Crippen LogP contribution in [0.2, 0.25) is 0 Å². The summed E-state index contributed by atoms with van der Waals surface area (Å²) < 4.78 is 5.05. The fourth-order valence-corrected chi connectivity index (χ4v) is 0.784. The van der Waals surface area contributed by atoms with Crippen molar-refractivity contribution in [2.75, 3.05) is 19.8 Å². The second-order valence-corrected chi connectivity index (χ2v) is 2.37. The molecule has 48 valence electrons. The maximum absolute atomic E-state index is 5.71. The molecule has 0 aromatic carbocycles. The van der Waals surface area contributed by atoms with Crippen molar-refractivity contribution < 1.29 is 4.74 Å². The lowest BCUT2D eigenvalue weighted by atomic mass is 10.0. The third kappa shape index (κ3) is 0.992. The molecule has 0 spiro atoms. The fraction of sp³-hybridized carbons (Fsp3) is 1.00. The summed E-state index contributed by atoms with van der Waals surface area (Å²) in [4.78, 5) is 0. The van der Waals surface area contributed by atoms with Gasteiger partial charge in [-0.1, -0.05) is 0 Å². The zero-order chi connectivity index (χ0) is 6.04. The van der Waals surface area contributed by atoms with E-state index in [0.29, 0.717) is 13.2 Å². The molecule has 1 rings (SSSR count). The first-order chi connectivity index (χ1) is 3.77. The van der Waals surface area contributed by atoms with Gasteiger partial charge in [-0.3, -0.25) is 0 Å². The summed E-state index contributed by atoms with van der Waals surface area (Å²) in [6.07, 6.45) is 0.906. The summed E-state index contributed by atoms with van der Waals surface area (Å²) in [7, 11) is 0. The highest BCUT2D eigenvalue weighted by Crippen LogP contribution is 2.12. The van der Waals surface area contributed by atoms with Crippen LogP contribution >= 0.6 is 0 Å². The summed E-state index contributed by atoms with van der Waals surface area (Å²) in [5.41, 5.74) is 10.9. The highest BCUT2D eigenvalue weighted by molar-refractivity contribution is 4.88. The monoisotopic (exact) mass is 116 g/mol. The van der Waals surface area contributed by atoms with Crippen LogP contribution in [0.3, 0.4) is 0 Å². The molecule has 0 amide bonds. The summed E-state index contributed by atoms with van der Waals surface area (Å²) >= 11 is 0. The topological polar surface area (TPSA) is 61.3 Å². The van der Waals surface area contributed by atoms with Crippen LogP contribution in [0.1, 0.15) is 6.42 Å². The maximum atomic E-state index is 5.71. The minimum absolute atomic E-state index is 0.208. The van der Waals surface area contributed by atoms with E-state index >= 15 is 0 Å². The van der Waals surface area contributed by atoms with E-state index in [1.807, 2.05) is 0 Å². The zero-order valence-corrected chi connectivity index (χ0v) is 4.89. The standard InChI is InChI=1S/C5H12N2O/c6-3-5(7)1-2-8-4-5/h1-4,6-7H2/t5-/m1/s1. The van der Waals surface area contributed by atoms with Crippen LogP contribution in [-0.4, -0.2) is 25.3 Å². The number of hydrogen-bond acceptors (Lipinski definition) is 3. The third-order valence-corrected chi connectivity index (χ3v) is 1.54. The van der Waals surface area contributed by atoms with Gasteiger partial charge >= 0.3 is 0 Å². The van der Waals surface area contributed by atoms with Crippen molar-refractivity contribution in [3.63, 3.8) is 0 Å². The number of ether oxygens (including phenoxy) is 1. The van der Waals surface area contributed by atoms with Gasteiger partial charge in [0.15, 0.2) is 0 Å². The van der Waals surface area contributed by atoms with Gasteiger partial charge in [-0.05, 0) is 6.42 Å². The van der Waals surface area contributed by atoms with E-state index < -0.39 is 0 Å². The second-order valence-electron chi connectivity index (χ2n) is 2.37. The smallest absolute Gasteiger partial charge is 0.0659 e. The molecular weight excluding hydrogens is 104 g/mol. The van der Waals surface area contributed by atoms with Crippen LogP contribution in [-0.2, 0) is 4.74 Å². The molecule has 0 unspecified atom stereocenters. The van der Waals surface area contributed by atoms with Gasteiger partial charge in [0.2, 0.25) is 0 Å². The lowest BCUT2D eigenvalue weighted by Gasteiger charge is -2.17. The van der Waals surface area contributed by atoms with E-state index in [-0.39, 0.29) is 5.54 Å². The molecule has 4 N–H and O–H groups in total. The Labute approximate surface area is 49.0 Å². The van der Waals surface area contributed by atoms with Crippen molar-refractivity contribution in [1.82, 2.24) is 0 Å². The van der Waals surface area contributed by atoms with Crippen molar-refractivity contribution >= 4 is 0 Å². The summed E-state index contributed by atoms with van der Waals surface area (Å²) in [5, 5.41) is 0. The number of rotatable bonds is 1. The van der Waals surface area contributed by atoms with E-state index in [4.69, 9.17) is 16.2 Å². The fourth-order valence-electron chi connectivity index (χ4n) is 0.784. The van der Waals surface area contributed by atoms with E-state index in [2.05, 4.69) is 0 Å². The van der Waals surface area contributed by atoms with Crippen LogP contribution in [0, 0.1) is 0 Å². The van der Waals surface area contributed by atoms with E-state index in [1.165, 1.54) is 0 Å². The molecular formula is C5H12N2O. The van der Waals surface area contributed by atoms with Crippen molar-refractivity contribution in [3.05, 3.63) is 0 Å². The number of hydrogen-bond donors (Lipinski definition) is 2. The van der Waals surface area contributed by atoms with Gasteiger partial charge in [0.05, 0.1) is 12.1 Å². The molecule has 0 bridgehead atoms. The van der Waals surface area contributed by atoms with Crippen molar-refractivity contribution in [3.8, 4) is 0 Å². The molecule has 1 saturated heterocycles. The number of nitrogens with two attached hydrogens (primary N) is 2. The predicted octanol–water partition coefficient (Wildman–Crippen LogP) is -0.937. The molecule has 3 heteroatoms. The van der Waals surface area contributed by atoms with E-state index in [9.17, 15) is 0 Å². The largest absolute Gasteiger partial charge is 0.379 e. The molecule has 0 aliphatic carbocycles. The quantitative estimate of drug-likeness (QED) is 0.465. The average Bonchev–Trinajstić information content (AvgIpc) is 2.17. The molecule has 0 aromatic rings. The first-order valence-electron chi connectivity index (χ1n) is 2.83. The average molecular weight is 116 g/mol. The Balaban J connectivity index is 2.40. The molecule has 8 heavy (non-hydrogen) atoms. The molecule has 1 aliphatic rings. The van der Waals surface area contributed by atoms with E-state index in [1.54, 1.807) is 0 Å². The second kappa shape index (κ2) is 2.01. The maximum Gasteiger partial charge on any atom is 0.0659 e. The Morgan fingerprint density at radius 2 is 2.38 bits per heavy atom. The van der Waals surface area contributed by atoms with Gasteiger partial charge in [0.1, 0.15) is 0 Å². The van der Waals surface area contributed by atoms with Crippen molar-refractivity contribution in [2.45, 2.75) is 12.0 Å². The van der Waals surface area contributed by atoms with E-state index in [0.717, 1.165) is 13.0 Å². The molecule has 1 heterocycles. The van der Waals surface area contributed by atoms with Crippen LogP contribution in [0.4, 0.5) is 0 Å². The first kappa shape index (κ1) is 6.01. The van der Waals surface area contributed by atoms with Crippen LogP contribution in [0.5, 0.6) is 0 Å². The Morgan fingerprint density at radius 1 is 1.62 bits per heavy atom. The van der Waals surface area contributed by atoms with Crippen molar-refractivity contribution in [2.24, 2.45) is 11.5 Å². The lowest BCUT2D eigenvalue weighted by molar-refractivity contribution is 0.179. The molecule has 0 aromatic heterocycles. The molecule has 0 radical (unpaired) electrons. The first-order valence-corrected chi connectivity index (χ1v) is 2.83. The highest BCUT2D eigenvalue weighted by Gasteiger charge is 2.28. The van der Waals surface area contributed by atoms with Crippen LogP contribution < -0.4 is 11.5 Å². The van der Waals surface area contributed by atoms with Crippen molar-refractivity contribution in [1.29, 1.82) is 0 Å². The lowest BCUT2D eigenvalue weighted by Crippen LogP contribution is -2.47. The van der Waals surface area contributed by atoms with Gasteiger partial charge in [0.25, 0.3) is 0 Å². The minimum atomic E-state index is -0.208. The third-order valence-electron chi connectivity index (χ3n) is 1.54. The Bertz CT molecular complexity index is 78.5. The molecule has 1 aliphatic heterocycles. The van der Waals surface area contributed by atoms with Gasteiger partial charge in [-0.15, -0.1) is 0 Å². The SMILES string of the molecule is NC[C@]1(N)CCOC1. The van der Waals surface area contributed by atoms with Crippen LogP contribution in [0.25, 0.3) is 0 Å². The minimum Gasteiger partial charge on any atom is -0.379 e. The normalized spacial score (nSPS) is 38.2. The summed E-state index contributed by atoms with van der Waals surface area (Å²) in [5.74, 6) is 0. The Hall–Kier alpha value is -0.120. The van der Waals surface area contributed by atoms with Gasteiger partial charge in [0, 0.05) is 13.2 Å². The molecule has 3 nitrogen and oxygen atoms in total. The van der Waals surface area contributed by atoms with Crippen LogP contribution in [0.15, 0.2) is 0 Å². The Morgan fingerprint density at radius 3 is 2.62 bits per heavy atom. The predicted molar refractivity (Wildman–Crippen MR) is 31.4 cm³/mol. The Kier molecular flexibility index (Phi) is 1.51. The molecule has 0 saturated carbocycles. The summed E-state index contributed by atoms with van der Waals surface area (Å²) in [6.45, 7) is 1.93. The van der Waals surface area contributed by atoms with Gasteiger partial charge in [-0.25, -0.2) is 0 Å². The molecule has 1 atom stereocenters. The highest BCUT2D eigenvalue weighted by atomic mass is 16.5. The van der Waals surface area contributed by atoms with Gasteiger partial charge in [-0.2, -0.15) is 0 Å². The zero-order valence-electron chi connectivity index (χ0n) is 4.89. The molecule has 1 fully saturated rings.